The van der Waals surface area contributed by atoms with E-state index in [0.29, 0.717) is 0 Å². The lowest BCUT2D eigenvalue weighted by molar-refractivity contribution is 0.555. The second-order valence-electron chi connectivity index (χ2n) is 2.53. The van der Waals surface area contributed by atoms with Crippen LogP contribution in [-0.4, -0.2) is 0 Å². The first-order valence-corrected chi connectivity index (χ1v) is 3.73. The van der Waals surface area contributed by atoms with Crippen LogP contribution in [0.1, 0.15) is 24.4 Å². The maximum Gasteiger partial charge on any atom is 0.0950 e. The predicted molar refractivity (Wildman–Crippen MR) is 45.1 cm³/mol. The van der Waals surface area contributed by atoms with Gasteiger partial charge in [0.2, 0.25) is 0 Å². The molecular formula is C9H13NO. The second-order valence-corrected chi connectivity index (χ2v) is 2.53. The third-order valence-corrected chi connectivity index (χ3v) is 1.65. The van der Waals surface area contributed by atoms with Crippen molar-refractivity contribution in [1.29, 1.82) is 0 Å². The van der Waals surface area contributed by atoms with Crippen molar-refractivity contribution in [2.45, 2.75) is 18.9 Å². The van der Waals surface area contributed by atoms with Gasteiger partial charge in [-0.25, -0.2) is 0 Å². The van der Waals surface area contributed by atoms with E-state index >= 15 is 0 Å². The molecule has 2 N–H and O–H groups in total. The van der Waals surface area contributed by atoms with Crippen LogP contribution in [0.2, 0.25) is 0 Å². The van der Waals surface area contributed by atoms with Crippen LogP contribution in [0, 0.1) is 0 Å². The molecule has 1 aromatic rings. The molecule has 0 unspecified atom stereocenters. The van der Waals surface area contributed by atoms with Gasteiger partial charge in [0, 0.05) is 11.6 Å². The lowest BCUT2D eigenvalue weighted by atomic mass is 10.1. The van der Waals surface area contributed by atoms with E-state index < -0.39 is 0 Å². The SMILES string of the molecule is C=CCC[C@@H](N)c1ccoc1. The van der Waals surface area contributed by atoms with Crippen LogP contribution in [-0.2, 0) is 0 Å². The molecule has 0 bridgehead atoms. The van der Waals surface area contributed by atoms with Gasteiger partial charge in [0.15, 0.2) is 0 Å². The Kier molecular flexibility index (Phi) is 2.93. The Bertz CT molecular complexity index is 203. The number of hydrogen-bond donors (Lipinski definition) is 1. The Hall–Kier alpha value is -1.02. The van der Waals surface area contributed by atoms with Crippen LogP contribution in [0.25, 0.3) is 0 Å². The zero-order valence-corrected chi connectivity index (χ0v) is 6.49. The van der Waals surface area contributed by atoms with Gasteiger partial charge < -0.3 is 10.2 Å². The van der Waals surface area contributed by atoms with Crippen molar-refractivity contribution in [1.82, 2.24) is 0 Å². The molecule has 0 aliphatic rings. The first-order chi connectivity index (χ1) is 5.34. The van der Waals surface area contributed by atoms with Crippen molar-refractivity contribution < 1.29 is 4.42 Å². The maximum absolute atomic E-state index is 5.82. The van der Waals surface area contributed by atoms with Gasteiger partial charge in [0.05, 0.1) is 12.5 Å². The van der Waals surface area contributed by atoms with Crippen molar-refractivity contribution in [2.24, 2.45) is 5.73 Å². The number of nitrogens with two attached hydrogens (primary N) is 1. The van der Waals surface area contributed by atoms with Crippen molar-refractivity contribution >= 4 is 0 Å². The highest BCUT2D eigenvalue weighted by atomic mass is 16.3. The topological polar surface area (TPSA) is 39.2 Å². The summed E-state index contributed by atoms with van der Waals surface area (Å²) >= 11 is 0. The van der Waals surface area contributed by atoms with E-state index in [1.165, 1.54) is 0 Å². The monoisotopic (exact) mass is 151 g/mol. The summed E-state index contributed by atoms with van der Waals surface area (Å²) in [5.41, 5.74) is 6.88. The molecular weight excluding hydrogens is 138 g/mol. The lowest BCUT2D eigenvalue weighted by Gasteiger charge is -2.05. The third kappa shape index (κ3) is 2.24. The number of allylic oxidation sites excluding steroid dienone is 1. The van der Waals surface area contributed by atoms with E-state index in [9.17, 15) is 0 Å². The Labute approximate surface area is 66.7 Å². The molecule has 1 aromatic heterocycles. The fourth-order valence-corrected chi connectivity index (χ4v) is 0.950. The van der Waals surface area contributed by atoms with Crippen LogP contribution in [0.15, 0.2) is 35.7 Å². The smallest absolute Gasteiger partial charge is 0.0950 e. The largest absolute Gasteiger partial charge is 0.472 e. The maximum atomic E-state index is 5.82. The van der Waals surface area contributed by atoms with Crippen LogP contribution >= 0.6 is 0 Å². The minimum absolute atomic E-state index is 0.0896. The van der Waals surface area contributed by atoms with Crippen LogP contribution in [0.4, 0.5) is 0 Å². The first kappa shape index (κ1) is 8.08. The van der Waals surface area contributed by atoms with E-state index in [0.717, 1.165) is 18.4 Å². The first-order valence-electron chi connectivity index (χ1n) is 3.73. The average molecular weight is 151 g/mol. The summed E-state index contributed by atoms with van der Waals surface area (Å²) in [6.07, 6.45) is 7.09. The number of rotatable bonds is 4. The Morgan fingerprint density at radius 2 is 2.55 bits per heavy atom. The molecule has 0 saturated carbocycles. The summed E-state index contributed by atoms with van der Waals surface area (Å²) in [6.45, 7) is 3.63. The van der Waals surface area contributed by atoms with Gasteiger partial charge in [-0.2, -0.15) is 0 Å². The Balaban J connectivity index is 2.42. The normalized spacial score (nSPS) is 12.8. The second kappa shape index (κ2) is 3.98. The molecule has 0 aliphatic carbocycles. The molecule has 2 heteroatoms. The summed E-state index contributed by atoms with van der Waals surface area (Å²) in [7, 11) is 0. The minimum Gasteiger partial charge on any atom is -0.472 e. The molecule has 0 aromatic carbocycles. The van der Waals surface area contributed by atoms with Gasteiger partial charge in [-0.3, -0.25) is 0 Å². The van der Waals surface area contributed by atoms with Gasteiger partial charge in [-0.1, -0.05) is 6.08 Å². The lowest BCUT2D eigenvalue weighted by Crippen LogP contribution is -2.08. The molecule has 0 amide bonds. The summed E-state index contributed by atoms with van der Waals surface area (Å²) in [5.74, 6) is 0. The molecule has 60 valence electrons. The van der Waals surface area contributed by atoms with E-state index in [1.807, 2.05) is 12.1 Å². The zero-order valence-electron chi connectivity index (χ0n) is 6.49. The number of furan rings is 1. The Morgan fingerprint density at radius 1 is 1.73 bits per heavy atom. The quantitative estimate of drug-likeness (QED) is 0.670. The molecule has 0 fully saturated rings. The summed E-state index contributed by atoms with van der Waals surface area (Å²) in [6, 6.07) is 1.99. The van der Waals surface area contributed by atoms with E-state index in [1.54, 1.807) is 12.5 Å². The molecule has 1 rings (SSSR count). The van der Waals surface area contributed by atoms with Crippen molar-refractivity contribution in [2.75, 3.05) is 0 Å². The molecule has 0 saturated heterocycles. The van der Waals surface area contributed by atoms with Crippen LogP contribution < -0.4 is 5.73 Å². The molecule has 1 heterocycles. The van der Waals surface area contributed by atoms with Gasteiger partial charge in [-0.05, 0) is 18.9 Å². The summed E-state index contributed by atoms with van der Waals surface area (Å²) in [5, 5.41) is 0. The van der Waals surface area contributed by atoms with Crippen molar-refractivity contribution in [3.05, 3.63) is 36.8 Å². The van der Waals surface area contributed by atoms with Gasteiger partial charge in [0.1, 0.15) is 0 Å². The fourth-order valence-electron chi connectivity index (χ4n) is 0.950. The highest BCUT2D eigenvalue weighted by Gasteiger charge is 2.04. The third-order valence-electron chi connectivity index (χ3n) is 1.65. The van der Waals surface area contributed by atoms with Gasteiger partial charge >= 0.3 is 0 Å². The Morgan fingerprint density at radius 3 is 3.09 bits per heavy atom. The molecule has 0 aliphatic heterocycles. The molecule has 1 atom stereocenters. The van der Waals surface area contributed by atoms with Crippen molar-refractivity contribution in [3.63, 3.8) is 0 Å². The van der Waals surface area contributed by atoms with E-state index in [4.69, 9.17) is 10.2 Å². The summed E-state index contributed by atoms with van der Waals surface area (Å²) < 4.78 is 4.91. The minimum atomic E-state index is 0.0896. The van der Waals surface area contributed by atoms with Crippen LogP contribution in [0.3, 0.4) is 0 Å². The average Bonchev–Trinajstić information content (AvgIpc) is 2.52. The van der Waals surface area contributed by atoms with Gasteiger partial charge in [0.25, 0.3) is 0 Å². The number of hydrogen-bond acceptors (Lipinski definition) is 2. The van der Waals surface area contributed by atoms with E-state index in [-0.39, 0.29) is 6.04 Å². The highest BCUT2D eigenvalue weighted by Crippen LogP contribution is 2.15. The molecule has 0 radical (unpaired) electrons. The zero-order chi connectivity index (χ0) is 8.10. The van der Waals surface area contributed by atoms with Crippen molar-refractivity contribution in [3.8, 4) is 0 Å². The fraction of sp³-hybridized carbons (Fsp3) is 0.333. The molecule has 0 spiro atoms. The summed E-state index contributed by atoms with van der Waals surface area (Å²) in [4.78, 5) is 0. The highest BCUT2D eigenvalue weighted by molar-refractivity contribution is 5.10. The standard InChI is InChI=1S/C9H13NO/c1-2-3-4-9(10)8-5-6-11-7-8/h2,5-7,9H,1,3-4,10H2/t9-/m1/s1. The molecule has 2 nitrogen and oxygen atoms in total. The predicted octanol–water partition coefficient (Wildman–Crippen LogP) is 2.25. The van der Waals surface area contributed by atoms with Gasteiger partial charge in [-0.15, -0.1) is 6.58 Å². The van der Waals surface area contributed by atoms with E-state index in [2.05, 4.69) is 6.58 Å². The molecule has 11 heavy (non-hydrogen) atoms. The van der Waals surface area contributed by atoms with Crippen LogP contribution in [0.5, 0.6) is 0 Å².